The maximum Gasteiger partial charge on any atom is 0.246 e. The first-order valence-electron chi connectivity index (χ1n) is 6.38. The van der Waals surface area contributed by atoms with Crippen molar-refractivity contribution in [2.75, 3.05) is 33.2 Å². The Hall–Kier alpha value is -0.960. The Morgan fingerprint density at radius 2 is 2.21 bits per heavy atom. The molecule has 19 heavy (non-hydrogen) atoms. The molecule has 0 saturated carbocycles. The van der Waals surface area contributed by atoms with E-state index in [1.807, 2.05) is 14.0 Å². The smallest absolute Gasteiger partial charge is 0.246 e. The van der Waals surface area contributed by atoms with E-state index >= 15 is 0 Å². The maximum absolute atomic E-state index is 12.5. The Balaban J connectivity index is 2.17. The average Bonchev–Trinajstić information content (AvgIpc) is 2.82. The Morgan fingerprint density at radius 3 is 2.84 bits per heavy atom. The molecule has 0 radical (unpaired) electrons. The normalized spacial score (nSPS) is 22.8. The number of piperazine rings is 1. The van der Waals surface area contributed by atoms with E-state index in [1.54, 1.807) is 10.9 Å². The predicted molar refractivity (Wildman–Crippen MR) is 72.1 cm³/mol. The highest BCUT2D eigenvalue weighted by Crippen LogP contribution is 2.18. The van der Waals surface area contributed by atoms with E-state index in [1.165, 1.54) is 10.5 Å². The molecule has 2 heterocycles. The highest BCUT2D eigenvalue weighted by molar-refractivity contribution is 7.89. The Bertz CT molecular complexity index is 527. The molecule has 108 valence electrons. The number of rotatable bonds is 4. The molecule has 0 amide bonds. The molecule has 1 aliphatic heterocycles. The summed E-state index contributed by atoms with van der Waals surface area (Å²) in [5.74, 6) is 0. The standard InChI is InChI=1S/C11H21N5O2S/c1-10-8-16(6-5-14(10)2)19(17,18)11-7-13-15(9-11)4-3-12/h7,9-10H,3-6,8,12H2,1-2H3. The van der Waals surface area contributed by atoms with E-state index < -0.39 is 10.0 Å². The van der Waals surface area contributed by atoms with Crippen LogP contribution in [0.3, 0.4) is 0 Å². The van der Waals surface area contributed by atoms with Gasteiger partial charge in [-0.15, -0.1) is 0 Å². The van der Waals surface area contributed by atoms with Gasteiger partial charge in [-0.3, -0.25) is 4.68 Å². The van der Waals surface area contributed by atoms with Crippen LogP contribution in [0, 0.1) is 0 Å². The fourth-order valence-electron chi connectivity index (χ4n) is 2.11. The van der Waals surface area contributed by atoms with Crippen LogP contribution in [-0.2, 0) is 16.6 Å². The van der Waals surface area contributed by atoms with Crippen molar-refractivity contribution in [3.05, 3.63) is 12.4 Å². The molecule has 0 aromatic carbocycles. The molecule has 2 N–H and O–H groups in total. The van der Waals surface area contributed by atoms with Gasteiger partial charge in [0.1, 0.15) is 4.90 Å². The lowest BCUT2D eigenvalue weighted by molar-refractivity contribution is 0.159. The zero-order chi connectivity index (χ0) is 14.0. The second-order valence-electron chi connectivity index (χ2n) is 4.92. The molecule has 1 fully saturated rings. The van der Waals surface area contributed by atoms with Gasteiger partial charge in [0.15, 0.2) is 0 Å². The van der Waals surface area contributed by atoms with Crippen LogP contribution in [0.5, 0.6) is 0 Å². The molecule has 1 saturated heterocycles. The molecular formula is C11H21N5O2S. The molecule has 0 bridgehead atoms. The summed E-state index contributed by atoms with van der Waals surface area (Å²) in [6.07, 6.45) is 2.94. The summed E-state index contributed by atoms with van der Waals surface area (Å²) in [5, 5.41) is 4.02. The third-order valence-electron chi connectivity index (χ3n) is 3.53. The molecule has 0 aliphatic carbocycles. The summed E-state index contributed by atoms with van der Waals surface area (Å²) in [6, 6.07) is 0.225. The van der Waals surface area contributed by atoms with Crippen LogP contribution in [0.15, 0.2) is 17.3 Å². The number of nitrogens with two attached hydrogens (primary N) is 1. The minimum absolute atomic E-state index is 0.225. The van der Waals surface area contributed by atoms with Gasteiger partial charge in [0, 0.05) is 38.4 Å². The largest absolute Gasteiger partial charge is 0.329 e. The fraction of sp³-hybridized carbons (Fsp3) is 0.727. The van der Waals surface area contributed by atoms with Gasteiger partial charge in [-0.25, -0.2) is 8.42 Å². The first-order valence-corrected chi connectivity index (χ1v) is 7.82. The number of sulfonamides is 1. The molecule has 1 unspecified atom stereocenters. The number of nitrogens with zero attached hydrogens (tertiary/aromatic N) is 4. The Labute approximate surface area is 114 Å². The van der Waals surface area contributed by atoms with Crippen LogP contribution < -0.4 is 5.73 Å². The zero-order valence-electron chi connectivity index (χ0n) is 11.4. The first-order chi connectivity index (χ1) is 8.95. The molecule has 1 aliphatic rings. The van der Waals surface area contributed by atoms with E-state index in [2.05, 4.69) is 10.00 Å². The highest BCUT2D eigenvalue weighted by atomic mass is 32.2. The maximum atomic E-state index is 12.5. The lowest BCUT2D eigenvalue weighted by Gasteiger charge is -2.36. The van der Waals surface area contributed by atoms with Gasteiger partial charge in [-0.2, -0.15) is 9.40 Å². The summed E-state index contributed by atoms with van der Waals surface area (Å²) < 4.78 is 28.1. The third kappa shape index (κ3) is 2.97. The summed E-state index contributed by atoms with van der Waals surface area (Å²) in [5.41, 5.74) is 5.43. The lowest BCUT2D eigenvalue weighted by Crippen LogP contribution is -2.51. The zero-order valence-corrected chi connectivity index (χ0v) is 12.2. The Morgan fingerprint density at radius 1 is 1.47 bits per heavy atom. The van der Waals surface area contributed by atoms with Gasteiger partial charge in [-0.05, 0) is 14.0 Å². The van der Waals surface area contributed by atoms with Gasteiger partial charge in [0.25, 0.3) is 0 Å². The lowest BCUT2D eigenvalue weighted by atomic mass is 10.2. The molecular weight excluding hydrogens is 266 g/mol. The summed E-state index contributed by atoms with van der Waals surface area (Å²) in [6.45, 7) is 4.77. The van der Waals surface area contributed by atoms with Crippen LogP contribution in [0.25, 0.3) is 0 Å². The summed E-state index contributed by atoms with van der Waals surface area (Å²) in [4.78, 5) is 2.40. The van der Waals surface area contributed by atoms with Gasteiger partial charge >= 0.3 is 0 Å². The van der Waals surface area contributed by atoms with Crippen molar-refractivity contribution in [3.8, 4) is 0 Å². The summed E-state index contributed by atoms with van der Waals surface area (Å²) in [7, 11) is -1.43. The second-order valence-corrected chi connectivity index (χ2v) is 6.86. The topological polar surface area (TPSA) is 84.5 Å². The minimum Gasteiger partial charge on any atom is -0.329 e. The van der Waals surface area contributed by atoms with Gasteiger partial charge < -0.3 is 10.6 Å². The van der Waals surface area contributed by atoms with Gasteiger partial charge in [-0.1, -0.05) is 0 Å². The SMILES string of the molecule is CC1CN(S(=O)(=O)c2cnn(CCN)c2)CCN1C. The predicted octanol–water partition coefficient (Wildman–Crippen LogP) is -0.834. The van der Waals surface area contributed by atoms with Crippen LogP contribution in [0.2, 0.25) is 0 Å². The Kier molecular flexibility index (Phi) is 4.24. The second kappa shape index (κ2) is 5.58. The molecule has 2 rings (SSSR count). The van der Waals surface area contributed by atoms with Crippen molar-refractivity contribution in [1.29, 1.82) is 0 Å². The van der Waals surface area contributed by atoms with Crippen molar-refractivity contribution in [3.63, 3.8) is 0 Å². The van der Waals surface area contributed by atoms with Crippen LogP contribution in [-0.4, -0.2) is 66.7 Å². The van der Waals surface area contributed by atoms with E-state index in [9.17, 15) is 8.42 Å². The van der Waals surface area contributed by atoms with E-state index in [0.717, 1.165) is 6.54 Å². The fourth-order valence-corrected chi connectivity index (χ4v) is 3.58. The number of hydrogen-bond acceptors (Lipinski definition) is 5. The minimum atomic E-state index is -3.43. The van der Waals surface area contributed by atoms with Crippen molar-refractivity contribution in [1.82, 2.24) is 19.0 Å². The van der Waals surface area contributed by atoms with Gasteiger partial charge in [0.05, 0.1) is 12.7 Å². The average molecular weight is 287 g/mol. The third-order valence-corrected chi connectivity index (χ3v) is 5.35. The molecule has 1 atom stereocenters. The first kappa shape index (κ1) is 14.4. The van der Waals surface area contributed by atoms with Crippen molar-refractivity contribution >= 4 is 10.0 Å². The number of hydrogen-bond donors (Lipinski definition) is 1. The van der Waals surface area contributed by atoms with Crippen molar-refractivity contribution in [2.24, 2.45) is 5.73 Å². The number of likely N-dealkylation sites (N-methyl/N-ethyl adjacent to an activating group) is 1. The molecule has 0 spiro atoms. The molecule has 8 heteroatoms. The number of aromatic nitrogens is 2. The van der Waals surface area contributed by atoms with Gasteiger partial charge in [0.2, 0.25) is 10.0 Å². The monoisotopic (exact) mass is 287 g/mol. The van der Waals surface area contributed by atoms with Crippen LogP contribution in [0.4, 0.5) is 0 Å². The van der Waals surface area contributed by atoms with Crippen LogP contribution in [0.1, 0.15) is 6.92 Å². The quantitative estimate of drug-likeness (QED) is 0.781. The van der Waals surface area contributed by atoms with E-state index in [4.69, 9.17) is 5.73 Å². The van der Waals surface area contributed by atoms with Crippen LogP contribution >= 0.6 is 0 Å². The van der Waals surface area contributed by atoms with E-state index in [0.29, 0.717) is 26.2 Å². The highest BCUT2D eigenvalue weighted by Gasteiger charge is 2.31. The molecule has 7 nitrogen and oxygen atoms in total. The van der Waals surface area contributed by atoms with Crippen molar-refractivity contribution in [2.45, 2.75) is 24.4 Å². The van der Waals surface area contributed by atoms with Crippen molar-refractivity contribution < 1.29 is 8.42 Å². The molecule has 1 aromatic rings. The van der Waals surface area contributed by atoms with E-state index in [-0.39, 0.29) is 10.9 Å². The molecule has 1 aromatic heterocycles. The summed E-state index contributed by atoms with van der Waals surface area (Å²) >= 11 is 0.